The van der Waals surface area contributed by atoms with E-state index in [1.165, 1.54) is 0 Å². The van der Waals surface area contributed by atoms with Crippen molar-refractivity contribution in [2.24, 2.45) is 5.92 Å². The number of hydrogen-bond acceptors (Lipinski definition) is 2. The van der Waals surface area contributed by atoms with Gasteiger partial charge in [0.05, 0.1) is 10.0 Å². The fraction of sp³-hybridized carbons (Fsp3) is 0.562. The molecule has 1 N–H and O–H groups in total. The van der Waals surface area contributed by atoms with Gasteiger partial charge < -0.3 is 10.2 Å². The molecule has 2 atom stereocenters. The first-order chi connectivity index (χ1) is 10.1. The minimum Gasteiger partial charge on any atom is -0.342 e. The van der Waals surface area contributed by atoms with Gasteiger partial charge in [0.25, 0.3) is 0 Å². The van der Waals surface area contributed by atoms with E-state index in [1.807, 2.05) is 24.1 Å². The van der Waals surface area contributed by atoms with Crippen LogP contribution in [0.15, 0.2) is 18.2 Å². The Kier molecular flexibility index (Phi) is 4.43. The van der Waals surface area contributed by atoms with Gasteiger partial charge in [-0.2, -0.15) is 0 Å². The number of benzene rings is 1. The van der Waals surface area contributed by atoms with Crippen molar-refractivity contribution in [1.82, 2.24) is 10.2 Å². The second kappa shape index (κ2) is 6.15. The Morgan fingerprint density at radius 3 is 2.67 bits per heavy atom. The van der Waals surface area contributed by atoms with Crippen LogP contribution in [0.5, 0.6) is 0 Å². The maximum atomic E-state index is 12.6. The third-order valence-corrected chi connectivity index (χ3v) is 5.54. The monoisotopic (exact) mass is 326 g/mol. The van der Waals surface area contributed by atoms with Crippen LogP contribution >= 0.6 is 23.2 Å². The van der Waals surface area contributed by atoms with Gasteiger partial charge in [0.15, 0.2) is 0 Å². The Bertz CT molecular complexity index is 541. The molecule has 2 aliphatic rings. The first-order valence-corrected chi connectivity index (χ1v) is 8.27. The van der Waals surface area contributed by atoms with Crippen LogP contribution < -0.4 is 5.32 Å². The molecule has 114 valence electrons. The highest BCUT2D eigenvalue weighted by Crippen LogP contribution is 2.51. The van der Waals surface area contributed by atoms with Crippen LogP contribution in [0.4, 0.5) is 0 Å². The quantitative estimate of drug-likeness (QED) is 0.924. The predicted molar refractivity (Wildman–Crippen MR) is 86.0 cm³/mol. The minimum atomic E-state index is 0.0899. The van der Waals surface area contributed by atoms with Crippen molar-refractivity contribution in [1.29, 1.82) is 0 Å². The number of nitrogens with zero attached hydrogens (tertiary/aromatic N) is 1. The second-order valence-electron chi connectivity index (χ2n) is 5.98. The summed E-state index contributed by atoms with van der Waals surface area (Å²) in [6, 6.07) is 6.22. The molecule has 3 nitrogen and oxygen atoms in total. The van der Waals surface area contributed by atoms with Crippen molar-refractivity contribution in [3.8, 4) is 0 Å². The molecular formula is C16H20Cl2N2O. The van der Waals surface area contributed by atoms with Gasteiger partial charge >= 0.3 is 0 Å². The van der Waals surface area contributed by atoms with E-state index >= 15 is 0 Å². The lowest BCUT2D eigenvalue weighted by atomic mass is 10.0. The molecule has 2 unspecified atom stereocenters. The van der Waals surface area contributed by atoms with Crippen molar-refractivity contribution >= 4 is 29.1 Å². The smallest absolute Gasteiger partial charge is 0.226 e. The number of rotatable bonds is 3. The number of halogens is 2. The fourth-order valence-corrected chi connectivity index (χ4v) is 3.69. The molecule has 0 radical (unpaired) electrons. The molecule has 1 heterocycles. The average molecular weight is 327 g/mol. The molecule has 3 rings (SSSR count). The highest BCUT2D eigenvalue weighted by molar-refractivity contribution is 6.42. The number of amides is 1. The highest BCUT2D eigenvalue weighted by atomic mass is 35.5. The topological polar surface area (TPSA) is 32.3 Å². The summed E-state index contributed by atoms with van der Waals surface area (Å²) in [5.74, 6) is 0.614. The van der Waals surface area contributed by atoms with Gasteiger partial charge in [0.1, 0.15) is 0 Å². The summed E-state index contributed by atoms with van der Waals surface area (Å²) >= 11 is 12.3. The summed E-state index contributed by atoms with van der Waals surface area (Å²) in [5.41, 5.74) is 1.02. The molecule has 21 heavy (non-hydrogen) atoms. The van der Waals surface area contributed by atoms with E-state index < -0.39 is 0 Å². The van der Waals surface area contributed by atoms with Gasteiger partial charge in [-0.3, -0.25) is 4.79 Å². The van der Waals surface area contributed by atoms with E-state index in [9.17, 15) is 4.79 Å². The third-order valence-electron chi connectivity index (χ3n) is 4.70. The number of hydrogen-bond donors (Lipinski definition) is 1. The Morgan fingerprint density at radius 2 is 2.00 bits per heavy atom. The minimum absolute atomic E-state index is 0.0899. The van der Waals surface area contributed by atoms with Crippen LogP contribution in [0, 0.1) is 5.92 Å². The normalized spacial score (nSPS) is 26.0. The van der Waals surface area contributed by atoms with Gasteiger partial charge in [-0.05, 0) is 43.9 Å². The van der Waals surface area contributed by atoms with E-state index in [4.69, 9.17) is 23.2 Å². The van der Waals surface area contributed by atoms with Crippen LogP contribution in [0.2, 0.25) is 10.0 Å². The number of likely N-dealkylation sites (tertiary alicyclic amines) is 1. The van der Waals surface area contributed by atoms with Gasteiger partial charge in [-0.25, -0.2) is 0 Å². The molecule has 0 bridgehead atoms. The molecule has 5 heteroatoms. The second-order valence-corrected chi connectivity index (χ2v) is 6.77. The van der Waals surface area contributed by atoms with Crippen LogP contribution in [-0.2, 0) is 4.79 Å². The maximum absolute atomic E-state index is 12.6. The van der Waals surface area contributed by atoms with Crippen molar-refractivity contribution in [3.63, 3.8) is 0 Å². The summed E-state index contributed by atoms with van der Waals surface area (Å²) < 4.78 is 0. The van der Waals surface area contributed by atoms with Gasteiger partial charge in [0.2, 0.25) is 5.91 Å². The first kappa shape index (κ1) is 15.1. The number of piperidine rings is 1. The Labute approximate surface area is 135 Å². The summed E-state index contributed by atoms with van der Waals surface area (Å²) in [6.07, 6.45) is 2.97. The van der Waals surface area contributed by atoms with Gasteiger partial charge in [-0.15, -0.1) is 0 Å². The fourth-order valence-electron chi connectivity index (χ4n) is 3.24. The summed E-state index contributed by atoms with van der Waals surface area (Å²) in [7, 11) is 1.99. The summed E-state index contributed by atoms with van der Waals surface area (Å²) in [6.45, 7) is 1.72. The Balaban J connectivity index is 1.63. The van der Waals surface area contributed by atoms with Crippen molar-refractivity contribution in [3.05, 3.63) is 33.8 Å². The number of carbonyl (C=O) groups is 1. The number of nitrogens with one attached hydrogen (secondary N) is 1. The lowest BCUT2D eigenvalue weighted by molar-refractivity contribution is -0.133. The highest BCUT2D eigenvalue weighted by Gasteiger charge is 2.47. The predicted octanol–water partition coefficient (Wildman–Crippen LogP) is 3.31. The molecule has 1 saturated heterocycles. The lowest BCUT2D eigenvalue weighted by Gasteiger charge is -2.32. The average Bonchev–Trinajstić information content (AvgIpc) is 3.30. The molecule has 1 aromatic carbocycles. The van der Waals surface area contributed by atoms with Crippen molar-refractivity contribution < 1.29 is 4.79 Å². The molecule has 1 aromatic rings. The van der Waals surface area contributed by atoms with Crippen LogP contribution in [-0.4, -0.2) is 37.0 Å². The van der Waals surface area contributed by atoms with Crippen LogP contribution in [0.1, 0.15) is 30.7 Å². The third kappa shape index (κ3) is 3.05. The van der Waals surface area contributed by atoms with E-state index in [0.29, 0.717) is 16.1 Å². The molecular weight excluding hydrogens is 307 g/mol. The van der Waals surface area contributed by atoms with Gasteiger partial charge in [-0.1, -0.05) is 35.3 Å². The first-order valence-electron chi connectivity index (χ1n) is 7.51. The molecule has 0 aromatic heterocycles. The Morgan fingerprint density at radius 1 is 1.29 bits per heavy atom. The van der Waals surface area contributed by atoms with E-state index in [0.717, 1.165) is 37.9 Å². The van der Waals surface area contributed by atoms with E-state index in [-0.39, 0.29) is 17.7 Å². The molecule has 1 saturated carbocycles. The standard InChI is InChI=1S/C16H20Cl2N2O/c1-19-10-5-7-20(8-6-10)16(21)13-9-12(13)11-3-2-4-14(17)15(11)18/h2-4,10,12-13,19H,5-9H2,1H3. The molecule has 2 fully saturated rings. The van der Waals surface area contributed by atoms with Crippen LogP contribution in [0.25, 0.3) is 0 Å². The zero-order valence-electron chi connectivity index (χ0n) is 12.1. The van der Waals surface area contributed by atoms with E-state index in [2.05, 4.69) is 5.32 Å². The summed E-state index contributed by atoms with van der Waals surface area (Å²) in [4.78, 5) is 14.6. The van der Waals surface area contributed by atoms with Crippen LogP contribution in [0.3, 0.4) is 0 Å². The molecule has 1 aliphatic heterocycles. The lowest BCUT2D eigenvalue weighted by Crippen LogP contribution is -2.44. The number of carbonyl (C=O) groups excluding carboxylic acids is 1. The maximum Gasteiger partial charge on any atom is 0.226 e. The van der Waals surface area contributed by atoms with E-state index in [1.54, 1.807) is 6.07 Å². The van der Waals surface area contributed by atoms with Crippen molar-refractivity contribution in [2.45, 2.75) is 31.2 Å². The largest absolute Gasteiger partial charge is 0.342 e. The molecule has 1 amide bonds. The zero-order chi connectivity index (χ0) is 15.0. The van der Waals surface area contributed by atoms with Crippen molar-refractivity contribution in [2.75, 3.05) is 20.1 Å². The van der Waals surface area contributed by atoms with Gasteiger partial charge in [0, 0.05) is 25.0 Å². The zero-order valence-corrected chi connectivity index (χ0v) is 13.6. The SMILES string of the molecule is CNC1CCN(C(=O)C2CC2c2cccc(Cl)c2Cl)CC1. The Hall–Kier alpha value is -0.770. The summed E-state index contributed by atoms with van der Waals surface area (Å²) in [5, 5.41) is 4.46. The molecule has 1 aliphatic carbocycles. The molecule has 0 spiro atoms.